The van der Waals surface area contributed by atoms with Gasteiger partial charge >= 0.3 is 0 Å². The van der Waals surface area contributed by atoms with Gasteiger partial charge in [-0.15, -0.1) is 0 Å². The number of anilines is 2. The Morgan fingerprint density at radius 1 is 1.07 bits per heavy atom. The lowest BCUT2D eigenvalue weighted by molar-refractivity contribution is 0.0732. The van der Waals surface area contributed by atoms with Gasteiger partial charge in [0.2, 0.25) is 5.95 Å². The number of nitrogens with zero attached hydrogens (tertiary/aromatic N) is 5. The molecule has 0 unspecified atom stereocenters. The van der Waals surface area contributed by atoms with Crippen LogP contribution in [0, 0.1) is 5.92 Å². The zero-order valence-corrected chi connectivity index (χ0v) is 17.5. The van der Waals surface area contributed by atoms with Gasteiger partial charge in [-0.05, 0) is 24.8 Å². The van der Waals surface area contributed by atoms with Gasteiger partial charge in [0.05, 0.1) is 37.3 Å². The third-order valence-corrected chi connectivity index (χ3v) is 6.46. The van der Waals surface area contributed by atoms with Crippen molar-refractivity contribution < 1.29 is 13.9 Å². The molecule has 0 atom stereocenters. The van der Waals surface area contributed by atoms with Gasteiger partial charge in [0.15, 0.2) is 0 Å². The molecular formula is C22H29N5O3. The SMILES string of the molecule is CC1CCN(c2nc(N3CCOCC3)nc3c2CN(C(=O)c2ccoc2)CC3)CC1. The molecule has 0 N–H and O–H groups in total. The van der Waals surface area contributed by atoms with E-state index in [9.17, 15) is 4.79 Å². The minimum absolute atomic E-state index is 0.00451. The minimum atomic E-state index is 0.00451. The van der Waals surface area contributed by atoms with Crippen molar-refractivity contribution in [1.29, 1.82) is 0 Å². The molecule has 0 spiro atoms. The van der Waals surface area contributed by atoms with E-state index in [4.69, 9.17) is 19.1 Å². The molecule has 2 fully saturated rings. The Morgan fingerprint density at radius 3 is 2.60 bits per heavy atom. The van der Waals surface area contributed by atoms with Gasteiger partial charge in [0.1, 0.15) is 12.1 Å². The van der Waals surface area contributed by atoms with E-state index in [-0.39, 0.29) is 5.91 Å². The van der Waals surface area contributed by atoms with E-state index >= 15 is 0 Å². The number of amides is 1. The van der Waals surface area contributed by atoms with Crippen LogP contribution in [0.25, 0.3) is 0 Å². The number of hydrogen-bond donors (Lipinski definition) is 0. The molecule has 2 aromatic rings. The highest BCUT2D eigenvalue weighted by molar-refractivity contribution is 5.94. The fraction of sp³-hybridized carbons (Fsp3) is 0.591. The van der Waals surface area contributed by atoms with E-state index in [1.807, 2.05) is 4.90 Å². The second kappa shape index (κ2) is 8.26. The quantitative estimate of drug-likeness (QED) is 0.767. The van der Waals surface area contributed by atoms with E-state index in [1.54, 1.807) is 12.3 Å². The number of rotatable bonds is 3. The summed E-state index contributed by atoms with van der Waals surface area (Å²) in [6.07, 6.45) is 6.15. The Morgan fingerprint density at radius 2 is 1.87 bits per heavy atom. The molecule has 8 nitrogen and oxygen atoms in total. The molecular weight excluding hydrogens is 382 g/mol. The monoisotopic (exact) mass is 411 g/mol. The maximum atomic E-state index is 12.9. The molecule has 0 radical (unpaired) electrons. The molecule has 3 aliphatic heterocycles. The van der Waals surface area contributed by atoms with Crippen LogP contribution in [0.2, 0.25) is 0 Å². The number of piperidine rings is 1. The Labute approximate surface area is 176 Å². The lowest BCUT2D eigenvalue weighted by atomic mass is 9.98. The van der Waals surface area contributed by atoms with Crippen LogP contribution in [-0.2, 0) is 17.7 Å². The van der Waals surface area contributed by atoms with E-state index in [0.717, 1.165) is 61.5 Å². The first kappa shape index (κ1) is 19.4. The third-order valence-electron chi connectivity index (χ3n) is 6.46. The molecule has 0 aliphatic carbocycles. The van der Waals surface area contributed by atoms with Crippen molar-refractivity contribution >= 4 is 17.7 Å². The summed E-state index contributed by atoms with van der Waals surface area (Å²) in [7, 11) is 0. The van der Waals surface area contributed by atoms with E-state index in [0.29, 0.717) is 31.9 Å². The van der Waals surface area contributed by atoms with Crippen LogP contribution in [0.4, 0.5) is 11.8 Å². The van der Waals surface area contributed by atoms with Gasteiger partial charge in [-0.25, -0.2) is 4.98 Å². The molecule has 0 saturated carbocycles. The Bertz CT molecular complexity index is 886. The van der Waals surface area contributed by atoms with Crippen molar-refractivity contribution in [3.63, 3.8) is 0 Å². The Kier molecular flexibility index (Phi) is 5.33. The van der Waals surface area contributed by atoms with Gasteiger partial charge in [0, 0.05) is 44.7 Å². The van der Waals surface area contributed by atoms with Crippen molar-refractivity contribution in [3.05, 3.63) is 35.4 Å². The van der Waals surface area contributed by atoms with Gasteiger partial charge in [-0.1, -0.05) is 6.92 Å². The maximum Gasteiger partial charge on any atom is 0.257 e. The lowest BCUT2D eigenvalue weighted by Crippen LogP contribution is -2.42. The van der Waals surface area contributed by atoms with Gasteiger partial charge in [0.25, 0.3) is 5.91 Å². The Hall–Kier alpha value is -2.61. The highest BCUT2D eigenvalue weighted by Crippen LogP contribution is 2.32. The first-order chi connectivity index (χ1) is 14.7. The van der Waals surface area contributed by atoms with Crippen LogP contribution in [0.3, 0.4) is 0 Å². The van der Waals surface area contributed by atoms with Crippen molar-refractivity contribution in [2.75, 3.05) is 55.7 Å². The topological polar surface area (TPSA) is 74.9 Å². The van der Waals surface area contributed by atoms with Gasteiger partial charge in [-0.2, -0.15) is 4.98 Å². The largest absolute Gasteiger partial charge is 0.472 e. The van der Waals surface area contributed by atoms with Crippen LogP contribution in [-0.4, -0.2) is 66.7 Å². The van der Waals surface area contributed by atoms with E-state index in [2.05, 4.69) is 16.7 Å². The number of aromatic nitrogens is 2. The van der Waals surface area contributed by atoms with Crippen LogP contribution in [0.1, 0.15) is 41.4 Å². The summed E-state index contributed by atoms with van der Waals surface area (Å²) in [5.74, 6) is 2.57. The number of carbonyl (C=O) groups excluding carboxylic acids is 1. The summed E-state index contributed by atoms with van der Waals surface area (Å²) in [4.78, 5) is 29.4. The molecule has 30 heavy (non-hydrogen) atoms. The van der Waals surface area contributed by atoms with E-state index < -0.39 is 0 Å². The van der Waals surface area contributed by atoms with Crippen LogP contribution in [0.5, 0.6) is 0 Å². The van der Waals surface area contributed by atoms with Crippen molar-refractivity contribution in [2.45, 2.75) is 32.7 Å². The fourth-order valence-electron chi connectivity index (χ4n) is 4.51. The predicted molar refractivity (Wildman–Crippen MR) is 113 cm³/mol. The summed E-state index contributed by atoms with van der Waals surface area (Å²) in [5, 5.41) is 0. The summed E-state index contributed by atoms with van der Waals surface area (Å²) < 4.78 is 10.6. The smallest absolute Gasteiger partial charge is 0.257 e. The van der Waals surface area contributed by atoms with Crippen molar-refractivity contribution in [2.24, 2.45) is 5.92 Å². The fourth-order valence-corrected chi connectivity index (χ4v) is 4.51. The van der Waals surface area contributed by atoms with Gasteiger partial charge in [-0.3, -0.25) is 4.79 Å². The molecule has 8 heteroatoms. The van der Waals surface area contributed by atoms with Crippen molar-refractivity contribution in [3.8, 4) is 0 Å². The Balaban J connectivity index is 1.47. The summed E-state index contributed by atoms with van der Waals surface area (Å²) in [6, 6.07) is 1.73. The average molecular weight is 412 g/mol. The first-order valence-corrected chi connectivity index (χ1v) is 11.0. The van der Waals surface area contributed by atoms with Crippen LogP contribution < -0.4 is 9.80 Å². The number of furan rings is 1. The zero-order valence-electron chi connectivity index (χ0n) is 17.5. The minimum Gasteiger partial charge on any atom is -0.472 e. The van der Waals surface area contributed by atoms with Crippen LogP contribution >= 0.6 is 0 Å². The molecule has 3 aliphatic rings. The maximum absolute atomic E-state index is 12.9. The number of ether oxygens (including phenoxy) is 1. The second-order valence-electron chi connectivity index (χ2n) is 8.53. The standard InChI is InChI=1S/C22H29N5O3/c1-16-2-6-25(7-3-16)20-18-14-27(21(28)17-5-11-30-15-17)8-4-19(18)23-22(24-20)26-9-12-29-13-10-26/h5,11,15-16H,2-4,6-10,12-14H2,1H3. The van der Waals surface area contributed by atoms with Gasteiger partial charge < -0.3 is 23.9 Å². The highest BCUT2D eigenvalue weighted by Gasteiger charge is 2.30. The second-order valence-corrected chi connectivity index (χ2v) is 8.53. The van der Waals surface area contributed by atoms with Crippen LogP contribution in [0.15, 0.2) is 23.0 Å². The molecule has 2 saturated heterocycles. The first-order valence-electron chi connectivity index (χ1n) is 11.0. The molecule has 5 heterocycles. The summed E-state index contributed by atoms with van der Waals surface area (Å²) in [5.41, 5.74) is 2.78. The predicted octanol–water partition coefficient (Wildman–Crippen LogP) is 2.34. The average Bonchev–Trinajstić information content (AvgIpc) is 3.34. The number of fused-ring (bicyclic) bond motifs is 1. The van der Waals surface area contributed by atoms with E-state index in [1.165, 1.54) is 19.1 Å². The normalized spacial score (nSPS) is 20.4. The number of hydrogen-bond acceptors (Lipinski definition) is 7. The van der Waals surface area contributed by atoms with Crippen molar-refractivity contribution in [1.82, 2.24) is 14.9 Å². The lowest BCUT2D eigenvalue weighted by Gasteiger charge is -2.37. The molecule has 160 valence electrons. The summed E-state index contributed by atoms with van der Waals surface area (Å²) in [6.45, 7) is 8.59. The number of carbonyl (C=O) groups is 1. The zero-order chi connectivity index (χ0) is 20.5. The molecule has 2 aromatic heterocycles. The highest BCUT2D eigenvalue weighted by atomic mass is 16.5. The molecule has 0 aromatic carbocycles. The molecule has 0 bridgehead atoms. The summed E-state index contributed by atoms with van der Waals surface area (Å²) >= 11 is 0. The number of morpholine rings is 1. The third kappa shape index (κ3) is 3.76. The molecule has 5 rings (SSSR count). The molecule has 1 amide bonds.